The molecule has 0 radical (unpaired) electrons. The number of ether oxygens (including phenoxy) is 1. The SMILES string of the molecule is COCC/C(C)=C/C#N. The molecule has 0 saturated heterocycles. The van der Waals surface area contributed by atoms with Crippen LogP contribution in [0, 0.1) is 11.3 Å². The van der Waals surface area contributed by atoms with Crippen LogP contribution in [0.4, 0.5) is 0 Å². The molecule has 0 amide bonds. The lowest BCUT2D eigenvalue weighted by atomic mass is 10.2. The van der Waals surface area contributed by atoms with Gasteiger partial charge in [0.2, 0.25) is 0 Å². The number of nitrogens with zero attached hydrogens (tertiary/aromatic N) is 1. The molecule has 2 nitrogen and oxygen atoms in total. The second-order valence-corrected chi connectivity index (χ2v) is 1.86. The number of hydrogen-bond donors (Lipinski definition) is 0. The zero-order valence-corrected chi connectivity index (χ0v) is 5.85. The van der Waals surface area contributed by atoms with Crippen LogP contribution in [0.2, 0.25) is 0 Å². The molecule has 0 bridgehead atoms. The Morgan fingerprint density at radius 2 is 2.44 bits per heavy atom. The Morgan fingerprint density at radius 3 is 2.89 bits per heavy atom. The Morgan fingerprint density at radius 1 is 1.78 bits per heavy atom. The molecule has 0 spiro atoms. The first-order valence-electron chi connectivity index (χ1n) is 2.85. The lowest BCUT2D eigenvalue weighted by Gasteiger charge is -1.95. The fourth-order valence-electron chi connectivity index (χ4n) is 0.445. The third-order valence-electron chi connectivity index (χ3n) is 1.01. The minimum absolute atomic E-state index is 0.698. The minimum atomic E-state index is 0.698. The van der Waals surface area contributed by atoms with Crippen molar-refractivity contribution in [3.63, 3.8) is 0 Å². The summed E-state index contributed by atoms with van der Waals surface area (Å²) in [5.74, 6) is 0. The summed E-state index contributed by atoms with van der Waals surface area (Å²) in [7, 11) is 1.65. The van der Waals surface area contributed by atoms with Crippen molar-refractivity contribution in [3.05, 3.63) is 11.6 Å². The highest BCUT2D eigenvalue weighted by atomic mass is 16.5. The topological polar surface area (TPSA) is 33.0 Å². The van der Waals surface area contributed by atoms with Crippen LogP contribution < -0.4 is 0 Å². The summed E-state index contributed by atoms with van der Waals surface area (Å²) in [5, 5.41) is 8.17. The number of nitriles is 1. The predicted octanol–water partition coefficient (Wildman–Crippen LogP) is 1.49. The van der Waals surface area contributed by atoms with Gasteiger partial charge in [0.05, 0.1) is 6.07 Å². The van der Waals surface area contributed by atoms with Crippen molar-refractivity contribution >= 4 is 0 Å². The Bertz CT molecular complexity index is 132. The summed E-state index contributed by atoms with van der Waals surface area (Å²) in [5.41, 5.74) is 1.07. The van der Waals surface area contributed by atoms with Gasteiger partial charge in [0, 0.05) is 19.8 Å². The minimum Gasteiger partial charge on any atom is -0.384 e. The molecule has 0 heterocycles. The smallest absolute Gasteiger partial charge is 0.0911 e. The van der Waals surface area contributed by atoms with Gasteiger partial charge in [-0.1, -0.05) is 5.57 Å². The lowest BCUT2D eigenvalue weighted by molar-refractivity contribution is 0.202. The largest absolute Gasteiger partial charge is 0.384 e. The molecule has 0 aromatic rings. The van der Waals surface area contributed by atoms with Crippen molar-refractivity contribution in [2.24, 2.45) is 0 Å². The number of methoxy groups -OCH3 is 1. The van der Waals surface area contributed by atoms with Gasteiger partial charge >= 0.3 is 0 Å². The molecule has 0 saturated carbocycles. The Kier molecular flexibility index (Phi) is 4.85. The van der Waals surface area contributed by atoms with Gasteiger partial charge < -0.3 is 4.74 Å². The molecule has 0 aromatic heterocycles. The van der Waals surface area contributed by atoms with Gasteiger partial charge in [0.1, 0.15) is 0 Å². The quantitative estimate of drug-likeness (QED) is 0.535. The Hall–Kier alpha value is -0.810. The standard InChI is InChI=1S/C7H11NO/c1-7(3-5-8)4-6-9-2/h3H,4,6H2,1-2H3/b7-3+. The van der Waals surface area contributed by atoms with E-state index in [0.717, 1.165) is 12.0 Å². The van der Waals surface area contributed by atoms with E-state index in [4.69, 9.17) is 10.00 Å². The number of rotatable bonds is 3. The van der Waals surface area contributed by atoms with Crippen molar-refractivity contribution in [2.45, 2.75) is 13.3 Å². The maximum absolute atomic E-state index is 8.17. The van der Waals surface area contributed by atoms with Crippen LogP contribution in [0.15, 0.2) is 11.6 Å². The number of allylic oxidation sites excluding steroid dienone is 1. The highest BCUT2D eigenvalue weighted by Gasteiger charge is 1.86. The molecule has 2 heteroatoms. The summed E-state index contributed by atoms with van der Waals surface area (Å²) in [6, 6.07) is 1.96. The van der Waals surface area contributed by atoms with Crippen LogP contribution in [0.3, 0.4) is 0 Å². The molecule has 50 valence electrons. The molecule has 0 unspecified atom stereocenters. The monoisotopic (exact) mass is 125 g/mol. The molecule has 0 aliphatic heterocycles. The van der Waals surface area contributed by atoms with Crippen LogP contribution >= 0.6 is 0 Å². The fourth-order valence-corrected chi connectivity index (χ4v) is 0.445. The molecule has 0 aromatic carbocycles. The summed E-state index contributed by atoms with van der Waals surface area (Å²) >= 11 is 0. The van der Waals surface area contributed by atoms with Crippen LogP contribution in [-0.4, -0.2) is 13.7 Å². The van der Waals surface area contributed by atoms with E-state index in [0.29, 0.717) is 6.61 Å². The van der Waals surface area contributed by atoms with Gasteiger partial charge in [-0.15, -0.1) is 0 Å². The van der Waals surface area contributed by atoms with Crippen molar-refractivity contribution in [3.8, 4) is 6.07 Å². The van der Waals surface area contributed by atoms with Crippen molar-refractivity contribution in [2.75, 3.05) is 13.7 Å². The number of hydrogen-bond acceptors (Lipinski definition) is 2. The van der Waals surface area contributed by atoms with E-state index in [1.807, 2.05) is 13.0 Å². The predicted molar refractivity (Wildman–Crippen MR) is 35.9 cm³/mol. The summed E-state index contributed by atoms with van der Waals surface area (Å²) in [6.07, 6.45) is 2.39. The van der Waals surface area contributed by atoms with Crippen LogP contribution in [0.25, 0.3) is 0 Å². The molecule has 0 rings (SSSR count). The van der Waals surface area contributed by atoms with E-state index in [1.165, 1.54) is 0 Å². The Balaban J connectivity index is 3.40. The molecule has 0 aliphatic rings. The van der Waals surface area contributed by atoms with E-state index < -0.39 is 0 Å². The van der Waals surface area contributed by atoms with Crippen LogP contribution in [0.5, 0.6) is 0 Å². The highest BCUT2D eigenvalue weighted by Crippen LogP contribution is 1.97. The molecule has 0 fully saturated rings. The first-order valence-corrected chi connectivity index (χ1v) is 2.85. The van der Waals surface area contributed by atoms with Gasteiger partial charge in [0.15, 0.2) is 0 Å². The zero-order valence-electron chi connectivity index (χ0n) is 5.85. The summed E-state index contributed by atoms with van der Waals surface area (Å²) < 4.78 is 4.81. The highest BCUT2D eigenvalue weighted by molar-refractivity contribution is 5.10. The summed E-state index contributed by atoms with van der Waals surface area (Å²) in [6.45, 7) is 2.62. The average molecular weight is 125 g/mol. The van der Waals surface area contributed by atoms with E-state index in [2.05, 4.69) is 0 Å². The third-order valence-corrected chi connectivity index (χ3v) is 1.01. The fraction of sp³-hybridized carbons (Fsp3) is 0.571. The summed E-state index contributed by atoms with van der Waals surface area (Å²) in [4.78, 5) is 0. The van der Waals surface area contributed by atoms with Gasteiger partial charge in [-0.05, 0) is 13.3 Å². The van der Waals surface area contributed by atoms with Gasteiger partial charge in [-0.25, -0.2) is 0 Å². The molecular weight excluding hydrogens is 114 g/mol. The average Bonchev–Trinajstić information content (AvgIpc) is 1.85. The van der Waals surface area contributed by atoms with E-state index in [9.17, 15) is 0 Å². The third kappa shape index (κ3) is 5.05. The Labute approximate surface area is 55.7 Å². The van der Waals surface area contributed by atoms with Crippen molar-refractivity contribution in [1.82, 2.24) is 0 Å². The molecular formula is C7H11NO. The van der Waals surface area contributed by atoms with Gasteiger partial charge in [-0.2, -0.15) is 5.26 Å². The van der Waals surface area contributed by atoms with Gasteiger partial charge in [-0.3, -0.25) is 0 Å². The van der Waals surface area contributed by atoms with E-state index in [-0.39, 0.29) is 0 Å². The second-order valence-electron chi connectivity index (χ2n) is 1.86. The van der Waals surface area contributed by atoms with E-state index in [1.54, 1.807) is 13.2 Å². The van der Waals surface area contributed by atoms with Crippen LogP contribution in [-0.2, 0) is 4.74 Å². The second kappa shape index (κ2) is 5.33. The molecule has 0 aliphatic carbocycles. The molecule has 0 atom stereocenters. The van der Waals surface area contributed by atoms with Crippen molar-refractivity contribution in [1.29, 1.82) is 5.26 Å². The first kappa shape index (κ1) is 8.19. The lowest BCUT2D eigenvalue weighted by Crippen LogP contribution is -1.88. The zero-order chi connectivity index (χ0) is 7.11. The molecule has 0 N–H and O–H groups in total. The normalized spacial score (nSPS) is 11.0. The first-order chi connectivity index (χ1) is 4.31. The van der Waals surface area contributed by atoms with Crippen molar-refractivity contribution < 1.29 is 4.74 Å². The van der Waals surface area contributed by atoms with Gasteiger partial charge in [0.25, 0.3) is 0 Å². The maximum Gasteiger partial charge on any atom is 0.0911 e. The maximum atomic E-state index is 8.17. The molecule has 9 heavy (non-hydrogen) atoms. The van der Waals surface area contributed by atoms with Crippen LogP contribution in [0.1, 0.15) is 13.3 Å². The van der Waals surface area contributed by atoms with E-state index >= 15 is 0 Å².